The molecule has 1 saturated carbocycles. The Hall–Kier alpha value is -2.93. The van der Waals surface area contributed by atoms with Gasteiger partial charge in [0.2, 0.25) is 11.1 Å². The van der Waals surface area contributed by atoms with Crippen LogP contribution in [0, 0.1) is 0 Å². The predicted octanol–water partition coefficient (Wildman–Crippen LogP) is 4.86. The minimum atomic E-state index is -0.0151. The summed E-state index contributed by atoms with van der Waals surface area (Å²) in [4.78, 5) is 29.0. The fourth-order valence-electron chi connectivity index (χ4n) is 3.13. The summed E-state index contributed by atoms with van der Waals surface area (Å²) in [6, 6.07) is 17.0. The van der Waals surface area contributed by atoms with Gasteiger partial charge in [0.15, 0.2) is 5.78 Å². The summed E-state index contributed by atoms with van der Waals surface area (Å²) in [6.07, 6.45) is 3.56. The lowest BCUT2D eigenvalue weighted by Gasteiger charge is -2.05. The van der Waals surface area contributed by atoms with E-state index in [9.17, 15) is 9.59 Å². The van der Waals surface area contributed by atoms with E-state index in [-0.39, 0.29) is 17.4 Å². The van der Waals surface area contributed by atoms with E-state index in [4.69, 9.17) is 4.98 Å². The summed E-state index contributed by atoms with van der Waals surface area (Å²) in [5.74, 6) is 1.69. The van der Waals surface area contributed by atoms with Crippen molar-refractivity contribution in [3.8, 4) is 5.69 Å². The van der Waals surface area contributed by atoms with Crippen LogP contribution in [-0.2, 0) is 4.79 Å². The van der Waals surface area contributed by atoms with Crippen molar-refractivity contribution in [2.24, 2.45) is 0 Å². The van der Waals surface area contributed by atoms with Crippen LogP contribution in [0.2, 0.25) is 0 Å². The van der Waals surface area contributed by atoms with Gasteiger partial charge in [0.25, 0.3) is 0 Å². The van der Waals surface area contributed by atoms with E-state index in [0.717, 1.165) is 30.8 Å². The Kier molecular flexibility index (Phi) is 6.28. The molecule has 1 aromatic heterocycles. The molecule has 3 aromatic rings. The molecule has 7 heteroatoms. The van der Waals surface area contributed by atoms with Gasteiger partial charge in [-0.2, -0.15) is 0 Å². The Morgan fingerprint density at radius 3 is 2.50 bits per heavy atom. The number of hydrogen-bond donors (Lipinski definition) is 1. The molecule has 154 valence electrons. The Bertz CT molecular complexity index is 1030. The largest absolute Gasteiger partial charge is 0.326 e. The molecule has 0 radical (unpaired) electrons. The van der Waals surface area contributed by atoms with E-state index in [2.05, 4.69) is 10.4 Å². The molecule has 1 heterocycles. The molecule has 0 atom stereocenters. The van der Waals surface area contributed by atoms with Crippen LogP contribution in [0.15, 0.2) is 59.8 Å². The van der Waals surface area contributed by atoms with Crippen molar-refractivity contribution in [2.75, 3.05) is 11.1 Å². The minimum Gasteiger partial charge on any atom is -0.326 e. The summed E-state index contributed by atoms with van der Waals surface area (Å²) in [5, 5.41) is 8.09. The van der Waals surface area contributed by atoms with Gasteiger partial charge in [0.1, 0.15) is 5.82 Å². The molecule has 1 aliphatic carbocycles. The van der Waals surface area contributed by atoms with E-state index in [1.54, 1.807) is 24.3 Å². The Labute approximate surface area is 180 Å². The van der Waals surface area contributed by atoms with Crippen LogP contribution >= 0.6 is 11.8 Å². The lowest BCUT2D eigenvalue weighted by Crippen LogP contribution is -2.10. The molecular formula is C23H24N4O2S. The number of anilines is 1. The van der Waals surface area contributed by atoms with E-state index in [1.165, 1.54) is 11.8 Å². The molecule has 2 aromatic carbocycles. The number of thioether (sulfide) groups is 1. The van der Waals surface area contributed by atoms with Crippen LogP contribution in [0.4, 0.5) is 5.69 Å². The number of benzene rings is 2. The van der Waals surface area contributed by atoms with Crippen molar-refractivity contribution in [1.82, 2.24) is 14.8 Å². The smallest absolute Gasteiger partial charge is 0.224 e. The molecule has 0 unspecified atom stereocenters. The first kappa shape index (κ1) is 20.3. The molecule has 6 nitrogen and oxygen atoms in total. The molecule has 0 bridgehead atoms. The third-order valence-electron chi connectivity index (χ3n) is 4.86. The number of ketones is 1. The Morgan fingerprint density at radius 1 is 1.10 bits per heavy atom. The van der Waals surface area contributed by atoms with Crippen molar-refractivity contribution >= 4 is 29.1 Å². The van der Waals surface area contributed by atoms with E-state index < -0.39 is 0 Å². The van der Waals surface area contributed by atoms with Crippen molar-refractivity contribution in [3.05, 3.63) is 66.0 Å². The van der Waals surface area contributed by atoms with Crippen molar-refractivity contribution < 1.29 is 9.59 Å². The molecule has 4 rings (SSSR count). The van der Waals surface area contributed by atoms with Gasteiger partial charge in [0.05, 0.1) is 11.4 Å². The molecule has 1 N–H and O–H groups in total. The SMILES string of the molecule is CCCC(=O)Nc1ccc(C(=O)CSc2nc(C3CC3)n(-c3ccccc3)n2)cc1. The monoisotopic (exact) mass is 420 g/mol. The summed E-state index contributed by atoms with van der Waals surface area (Å²) >= 11 is 1.36. The second-order valence-corrected chi connectivity index (χ2v) is 8.30. The average Bonchev–Trinajstić information content (AvgIpc) is 3.52. The zero-order valence-corrected chi connectivity index (χ0v) is 17.7. The highest BCUT2D eigenvalue weighted by Gasteiger charge is 2.30. The van der Waals surface area contributed by atoms with Gasteiger partial charge in [-0.1, -0.05) is 36.9 Å². The number of aromatic nitrogens is 3. The Morgan fingerprint density at radius 2 is 1.83 bits per heavy atom. The van der Waals surface area contributed by atoms with Gasteiger partial charge < -0.3 is 5.32 Å². The molecule has 0 saturated heterocycles. The first-order chi connectivity index (χ1) is 14.6. The molecule has 1 amide bonds. The second kappa shape index (κ2) is 9.26. The standard InChI is InChI=1S/C23H24N4O2S/c1-2-6-21(29)24-18-13-11-16(12-14-18)20(28)15-30-23-25-22(17-9-10-17)27(26-23)19-7-4-3-5-8-19/h3-5,7-8,11-14,17H,2,6,9-10,15H2,1H3,(H,24,29). The lowest BCUT2D eigenvalue weighted by atomic mass is 10.1. The van der Waals surface area contributed by atoms with Crippen LogP contribution in [0.3, 0.4) is 0 Å². The zero-order valence-electron chi connectivity index (χ0n) is 16.9. The first-order valence-corrected chi connectivity index (χ1v) is 11.2. The normalized spacial score (nSPS) is 13.2. The molecule has 0 aliphatic heterocycles. The fourth-order valence-corrected chi connectivity index (χ4v) is 3.86. The summed E-state index contributed by atoms with van der Waals surface area (Å²) in [6.45, 7) is 1.96. The number of carbonyl (C=O) groups is 2. The number of nitrogens with one attached hydrogen (secondary N) is 1. The maximum atomic E-state index is 12.6. The van der Waals surface area contributed by atoms with E-state index in [0.29, 0.717) is 28.7 Å². The maximum Gasteiger partial charge on any atom is 0.224 e. The first-order valence-electron chi connectivity index (χ1n) is 10.2. The highest BCUT2D eigenvalue weighted by Crippen LogP contribution is 2.40. The third kappa shape index (κ3) is 4.97. The number of hydrogen-bond acceptors (Lipinski definition) is 5. The van der Waals surface area contributed by atoms with Crippen molar-refractivity contribution in [2.45, 2.75) is 43.7 Å². The maximum absolute atomic E-state index is 12.6. The highest BCUT2D eigenvalue weighted by atomic mass is 32.2. The van der Waals surface area contributed by atoms with Gasteiger partial charge in [-0.15, -0.1) is 5.10 Å². The van der Waals surface area contributed by atoms with Gasteiger partial charge in [-0.3, -0.25) is 9.59 Å². The van der Waals surface area contributed by atoms with Crippen LogP contribution in [0.1, 0.15) is 54.7 Å². The molecule has 1 fully saturated rings. The Balaban J connectivity index is 1.40. The summed E-state index contributed by atoms with van der Waals surface area (Å²) in [7, 11) is 0. The number of rotatable bonds is 9. The molecule has 1 aliphatic rings. The average molecular weight is 421 g/mol. The zero-order chi connectivity index (χ0) is 20.9. The van der Waals surface area contributed by atoms with Crippen molar-refractivity contribution in [3.63, 3.8) is 0 Å². The number of carbonyl (C=O) groups excluding carboxylic acids is 2. The molecule has 0 spiro atoms. The van der Waals surface area contributed by atoms with Gasteiger partial charge in [-0.25, -0.2) is 9.67 Å². The van der Waals surface area contributed by atoms with E-state index in [1.807, 2.05) is 41.9 Å². The van der Waals surface area contributed by atoms with Crippen LogP contribution in [-0.4, -0.2) is 32.2 Å². The molecule has 30 heavy (non-hydrogen) atoms. The number of Topliss-reactive ketones (excluding diaryl/α,β-unsaturated/α-hetero) is 1. The minimum absolute atomic E-state index is 0.00969. The third-order valence-corrected chi connectivity index (χ3v) is 5.69. The highest BCUT2D eigenvalue weighted by molar-refractivity contribution is 7.99. The quantitative estimate of drug-likeness (QED) is 0.395. The lowest BCUT2D eigenvalue weighted by molar-refractivity contribution is -0.116. The van der Waals surface area contributed by atoms with Crippen LogP contribution in [0.5, 0.6) is 0 Å². The topological polar surface area (TPSA) is 76.9 Å². The predicted molar refractivity (Wildman–Crippen MR) is 118 cm³/mol. The summed E-state index contributed by atoms with van der Waals surface area (Å²) < 4.78 is 1.90. The summed E-state index contributed by atoms with van der Waals surface area (Å²) in [5.41, 5.74) is 2.31. The van der Waals surface area contributed by atoms with Gasteiger partial charge >= 0.3 is 0 Å². The van der Waals surface area contributed by atoms with Crippen molar-refractivity contribution in [1.29, 1.82) is 0 Å². The number of para-hydroxylation sites is 1. The van der Waals surface area contributed by atoms with Gasteiger partial charge in [-0.05, 0) is 55.7 Å². The number of amides is 1. The molecular weight excluding hydrogens is 396 g/mol. The second-order valence-electron chi connectivity index (χ2n) is 7.36. The van der Waals surface area contributed by atoms with E-state index >= 15 is 0 Å². The van der Waals surface area contributed by atoms with Gasteiger partial charge in [0, 0.05) is 23.6 Å². The van der Waals surface area contributed by atoms with Crippen LogP contribution < -0.4 is 5.32 Å². The number of nitrogens with zero attached hydrogens (tertiary/aromatic N) is 3. The van der Waals surface area contributed by atoms with Crippen LogP contribution in [0.25, 0.3) is 5.69 Å². The fraction of sp³-hybridized carbons (Fsp3) is 0.304.